The van der Waals surface area contributed by atoms with E-state index in [2.05, 4.69) is 26.1 Å². The summed E-state index contributed by atoms with van der Waals surface area (Å²) in [6, 6.07) is 5.24. The van der Waals surface area contributed by atoms with Crippen LogP contribution in [0.3, 0.4) is 0 Å². The second-order valence-corrected chi connectivity index (χ2v) is 6.25. The van der Waals surface area contributed by atoms with Crippen LogP contribution in [0.25, 0.3) is 0 Å². The molecule has 0 aromatic heterocycles. The lowest BCUT2D eigenvalue weighted by Gasteiger charge is -2.34. The van der Waals surface area contributed by atoms with Crippen LogP contribution in [0.15, 0.2) is 22.7 Å². The Balaban J connectivity index is 2.03. The second-order valence-electron chi connectivity index (χ2n) is 5.33. The lowest BCUT2D eigenvalue weighted by molar-refractivity contribution is -0.119. The van der Waals surface area contributed by atoms with Crippen LogP contribution in [0.1, 0.15) is 30.1 Å². The van der Waals surface area contributed by atoms with E-state index in [0.717, 1.165) is 36.1 Å². The number of carboxylic acid groups (broad SMARTS) is 1. The van der Waals surface area contributed by atoms with Gasteiger partial charge in [0.05, 0.1) is 11.3 Å². The number of hydrogen-bond acceptors (Lipinski definition) is 3. The number of nitrogens with zero attached hydrogens (tertiary/aromatic N) is 1. The fraction of sp³-hybridized carbons (Fsp3) is 0.467. The van der Waals surface area contributed by atoms with Crippen molar-refractivity contribution in [3.05, 3.63) is 28.2 Å². The number of rotatable bonds is 4. The number of carbonyl (C=O) groups excluding carboxylic acids is 1. The first kappa shape index (κ1) is 15.8. The molecular weight excluding hydrogens is 336 g/mol. The van der Waals surface area contributed by atoms with E-state index in [9.17, 15) is 14.7 Å². The number of halogens is 1. The average Bonchev–Trinajstić information content (AvgIpc) is 2.45. The molecule has 0 radical (unpaired) electrons. The summed E-state index contributed by atoms with van der Waals surface area (Å²) in [5.74, 6) is -0.443. The number of aromatic carboxylic acids is 1. The first-order valence-electron chi connectivity index (χ1n) is 6.99. The molecule has 6 heteroatoms. The van der Waals surface area contributed by atoms with E-state index in [4.69, 9.17) is 0 Å². The molecule has 1 saturated heterocycles. The number of amides is 1. The maximum Gasteiger partial charge on any atom is 0.337 e. The Kier molecular flexibility index (Phi) is 5.22. The molecule has 114 valence electrons. The molecule has 0 saturated carbocycles. The number of nitrogens with one attached hydrogen (secondary N) is 1. The lowest BCUT2D eigenvalue weighted by Crippen LogP contribution is -2.38. The van der Waals surface area contributed by atoms with E-state index in [1.165, 1.54) is 6.92 Å². The van der Waals surface area contributed by atoms with Crippen LogP contribution in [0, 0.1) is 5.92 Å². The summed E-state index contributed by atoms with van der Waals surface area (Å²) in [5.41, 5.74) is 1.09. The van der Waals surface area contributed by atoms with Crippen molar-refractivity contribution >= 4 is 33.5 Å². The van der Waals surface area contributed by atoms with Gasteiger partial charge in [-0.3, -0.25) is 4.79 Å². The Morgan fingerprint density at radius 3 is 2.62 bits per heavy atom. The molecule has 1 aliphatic heterocycles. The molecule has 5 nitrogen and oxygen atoms in total. The molecular formula is C15H19BrN2O3. The molecule has 1 aromatic carbocycles. The molecule has 0 atom stereocenters. The number of hydrogen-bond donors (Lipinski definition) is 2. The first-order chi connectivity index (χ1) is 9.97. The van der Waals surface area contributed by atoms with E-state index < -0.39 is 5.97 Å². The van der Waals surface area contributed by atoms with Gasteiger partial charge in [-0.25, -0.2) is 4.79 Å². The predicted octanol–water partition coefficient (Wildman–Crippen LogP) is 2.50. The molecule has 2 rings (SSSR count). The molecule has 1 aliphatic rings. The summed E-state index contributed by atoms with van der Waals surface area (Å²) in [6.07, 6.45) is 1.90. The van der Waals surface area contributed by atoms with Crippen LogP contribution in [0.2, 0.25) is 0 Å². The smallest absolute Gasteiger partial charge is 0.337 e. The standard InChI is InChI=1S/C15H19BrN2O3/c1-10(19)17-9-11-4-6-18(7-5-11)14-8-12(16)2-3-13(14)15(20)21/h2-3,8,11H,4-7,9H2,1H3,(H,17,19)(H,20,21). The van der Waals surface area contributed by atoms with Crippen molar-refractivity contribution in [2.24, 2.45) is 5.92 Å². The van der Waals surface area contributed by atoms with Gasteiger partial charge in [0, 0.05) is 31.0 Å². The first-order valence-corrected chi connectivity index (χ1v) is 7.79. The van der Waals surface area contributed by atoms with Gasteiger partial charge in [-0.15, -0.1) is 0 Å². The van der Waals surface area contributed by atoms with Crippen molar-refractivity contribution in [1.82, 2.24) is 5.32 Å². The maximum atomic E-state index is 11.3. The van der Waals surface area contributed by atoms with Gasteiger partial charge in [-0.1, -0.05) is 15.9 Å². The Labute approximate surface area is 132 Å². The van der Waals surface area contributed by atoms with Crippen LogP contribution < -0.4 is 10.2 Å². The van der Waals surface area contributed by atoms with Gasteiger partial charge in [0.2, 0.25) is 5.91 Å². The molecule has 1 heterocycles. The van der Waals surface area contributed by atoms with Crippen LogP contribution in [0.5, 0.6) is 0 Å². The van der Waals surface area contributed by atoms with Gasteiger partial charge in [0.15, 0.2) is 0 Å². The van der Waals surface area contributed by atoms with Crippen molar-refractivity contribution in [2.75, 3.05) is 24.5 Å². The van der Waals surface area contributed by atoms with Crippen molar-refractivity contribution in [2.45, 2.75) is 19.8 Å². The highest BCUT2D eigenvalue weighted by Crippen LogP contribution is 2.29. The Morgan fingerprint density at radius 1 is 1.38 bits per heavy atom. The minimum absolute atomic E-state index is 0.00224. The minimum Gasteiger partial charge on any atom is -0.478 e. The van der Waals surface area contributed by atoms with E-state index in [1.807, 2.05) is 6.07 Å². The predicted molar refractivity (Wildman–Crippen MR) is 84.7 cm³/mol. The maximum absolute atomic E-state index is 11.3. The highest BCUT2D eigenvalue weighted by molar-refractivity contribution is 9.10. The van der Waals surface area contributed by atoms with Crippen molar-refractivity contribution in [3.63, 3.8) is 0 Å². The zero-order chi connectivity index (χ0) is 15.4. The van der Waals surface area contributed by atoms with Gasteiger partial charge >= 0.3 is 5.97 Å². The van der Waals surface area contributed by atoms with Gasteiger partial charge in [0.1, 0.15) is 0 Å². The van der Waals surface area contributed by atoms with Gasteiger partial charge in [-0.2, -0.15) is 0 Å². The van der Waals surface area contributed by atoms with Gasteiger partial charge < -0.3 is 15.3 Å². The summed E-state index contributed by atoms with van der Waals surface area (Å²) >= 11 is 3.40. The molecule has 0 spiro atoms. The van der Waals surface area contributed by atoms with Crippen LogP contribution in [0.4, 0.5) is 5.69 Å². The topological polar surface area (TPSA) is 69.6 Å². The fourth-order valence-electron chi connectivity index (χ4n) is 2.61. The molecule has 1 aromatic rings. The highest BCUT2D eigenvalue weighted by Gasteiger charge is 2.23. The normalized spacial score (nSPS) is 15.8. The van der Waals surface area contributed by atoms with E-state index in [0.29, 0.717) is 18.0 Å². The number of benzene rings is 1. The van der Waals surface area contributed by atoms with E-state index in [1.54, 1.807) is 12.1 Å². The van der Waals surface area contributed by atoms with Crippen molar-refractivity contribution in [1.29, 1.82) is 0 Å². The Hall–Kier alpha value is -1.56. The zero-order valence-corrected chi connectivity index (χ0v) is 13.5. The summed E-state index contributed by atoms with van der Waals surface area (Å²) in [4.78, 5) is 24.4. The summed E-state index contributed by atoms with van der Waals surface area (Å²) in [5, 5.41) is 12.1. The SMILES string of the molecule is CC(=O)NCC1CCN(c2cc(Br)ccc2C(=O)O)CC1. The molecule has 21 heavy (non-hydrogen) atoms. The molecule has 0 bridgehead atoms. The van der Waals surface area contributed by atoms with Crippen LogP contribution >= 0.6 is 15.9 Å². The largest absolute Gasteiger partial charge is 0.478 e. The van der Waals surface area contributed by atoms with Crippen LogP contribution in [-0.2, 0) is 4.79 Å². The quantitative estimate of drug-likeness (QED) is 0.871. The average molecular weight is 355 g/mol. The number of carboxylic acids is 1. The zero-order valence-electron chi connectivity index (χ0n) is 11.9. The minimum atomic E-state index is -0.905. The number of carbonyl (C=O) groups is 2. The van der Waals surface area contributed by atoms with E-state index in [-0.39, 0.29) is 5.91 Å². The molecule has 1 fully saturated rings. The molecule has 0 unspecified atom stereocenters. The lowest BCUT2D eigenvalue weighted by atomic mass is 9.96. The third kappa shape index (κ3) is 4.20. The third-order valence-corrected chi connectivity index (χ3v) is 4.28. The fourth-order valence-corrected chi connectivity index (χ4v) is 2.96. The van der Waals surface area contributed by atoms with Crippen molar-refractivity contribution in [3.8, 4) is 0 Å². The van der Waals surface area contributed by atoms with Crippen LogP contribution in [-0.4, -0.2) is 36.6 Å². The van der Waals surface area contributed by atoms with E-state index >= 15 is 0 Å². The molecule has 2 N–H and O–H groups in total. The molecule has 0 aliphatic carbocycles. The Morgan fingerprint density at radius 2 is 2.05 bits per heavy atom. The summed E-state index contributed by atoms with van der Waals surface area (Å²) < 4.78 is 0.878. The molecule has 1 amide bonds. The van der Waals surface area contributed by atoms with Gasteiger partial charge in [0.25, 0.3) is 0 Å². The number of piperidine rings is 1. The Bertz CT molecular complexity index is 540. The van der Waals surface area contributed by atoms with Gasteiger partial charge in [-0.05, 0) is 37.0 Å². The number of anilines is 1. The highest BCUT2D eigenvalue weighted by atomic mass is 79.9. The summed E-state index contributed by atoms with van der Waals surface area (Å²) in [6.45, 7) is 3.84. The monoisotopic (exact) mass is 354 g/mol. The second kappa shape index (κ2) is 6.93. The summed E-state index contributed by atoms with van der Waals surface area (Å²) in [7, 11) is 0. The van der Waals surface area contributed by atoms with Crippen molar-refractivity contribution < 1.29 is 14.7 Å². The third-order valence-electron chi connectivity index (χ3n) is 3.79.